The monoisotopic (exact) mass is 267 g/mol. The fourth-order valence-electron chi connectivity index (χ4n) is 2.46. The van der Waals surface area contributed by atoms with E-state index in [4.69, 9.17) is 11.6 Å². The molecule has 3 heterocycles. The maximum absolute atomic E-state index is 11.8. The summed E-state index contributed by atoms with van der Waals surface area (Å²) >= 11 is 5.72. The van der Waals surface area contributed by atoms with Crippen molar-refractivity contribution in [3.05, 3.63) is 17.3 Å². The minimum Gasteiger partial charge on any atom is -0.353 e. The van der Waals surface area contributed by atoms with E-state index in [0.29, 0.717) is 11.7 Å². The summed E-state index contributed by atoms with van der Waals surface area (Å²) in [5, 5.41) is 11.2. The Morgan fingerprint density at radius 2 is 2.17 bits per heavy atom. The third kappa shape index (κ3) is 2.13. The van der Waals surface area contributed by atoms with E-state index in [-0.39, 0.29) is 11.9 Å². The minimum atomic E-state index is -0.0787. The van der Waals surface area contributed by atoms with Crippen LogP contribution in [0.25, 0.3) is 0 Å². The zero-order valence-corrected chi connectivity index (χ0v) is 10.6. The molecule has 96 valence electrons. The van der Waals surface area contributed by atoms with Crippen LogP contribution in [0.1, 0.15) is 0 Å². The topological polar surface area (TPSA) is 61.4 Å². The highest BCUT2D eigenvalue weighted by molar-refractivity contribution is 6.29. The molecule has 1 aromatic heterocycles. The average Bonchev–Trinajstić information content (AvgIpc) is 2.40. The molecule has 0 unspecified atom stereocenters. The molecule has 0 bridgehead atoms. The van der Waals surface area contributed by atoms with Gasteiger partial charge in [0.2, 0.25) is 5.91 Å². The summed E-state index contributed by atoms with van der Waals surface area (Å²) < 4.78 is 0. The number of hydrogen-bond donors (Lipinski definition) is 1. The van der Waals surface area contributed by atoms with Gasteiger partial charge in [-0.2, -0.15) is 0 Å². The zero-order valence-electron chi connectivity index (χ0n) is 9.84. The quantitative estimate of drug-likeness (QED) is 0.760. The first-order valence-corrected chi connectivity index (χ1v) is 6.38. The highest BCUT2D eigenvalue weighted by Crippen LogP contribution is 2.18. The maximum atomic E-state index is 11.8. The van der Waals surface area contributed by atoms with Crippen molar-refractivity contribution >= 4 is 23.3 Å². The number of rotatable bonds is 1. The molecule has 18 heavy (non-hydrogen) atoms. The van der Waals surface area contributed by atoms with Crippen LogP contribution in [0.5, 0.6) is 0 Å². The zero-order chi connectivity index (χ0) is 12.5. The van der Waals surface area contributed by atoms with Crippen LogP contribution in [0.4, 0.5) is 5.82 Å². The van der Waals surface area contributed by atoms with Crippen molar-refractivity contribution in [2.75, 3.05) is 37.6 Å². The molecule has 3 rings (SSSR count). The standard InChI is InChI=1S/C11H14ClN5O/c12-9-1-2-10(15-14-9)17-6-5-16-4-3-13-11(18)8(16)7-17/h1-2,8H,3-7H2,(H,13,18)/t8-/m0/s1. The third-order valence-electron chi connectivity index (χ3n) is 3.43. The summed E-state index contributed by atoms with van der Waals surface area (Å²) in [6, 6.07) is 3.48. The highest BCUT2D eigenvalue weighted by Gasteiger charge is 2.35. The lowest BCUT2D eigenvalue weighted by molar-refractivity contribution is -0.129. The molecule has 0 radical (unpaired) electrons. The van der Waals surface area contributed by atoms with E-state index >= 15 is 0 Å². The van der Waals surface area contributed by atoms with Gasteiger partial charge in [-0.15, -0.1) is 10.2 Å². The van der Waals surface area contributed by atoms with Gasteiger partial charge in [-0.3, -0.25) is 9.69 Å². The summed E-state index contributed by atoms with van der Waals surface area (Å²) in [5.41, 5.74) is 0. The Morgan fingerprint density at radius 3 is 2.94 bits per heavy atom. The fourth-order valence-corrected chi connectivity index (χ4v) is 2.56. The molecule has 1 aromatic rings. The number of amides is 1. The number of piperazine rings is 2. The van der Waals surface area contributed by atoms with Crippen molar-refractivity contribution in [3.8, 4) is 0 Å². The Balaban J connectivity index is 1.76. The molecule has 0 spiro atoms. The summed E-state index contributed by atoms with van der Waals surface area (Å²) in [4.78, 5) is 16.1. The maximum Gasteiger partial charge on any atom is 0.239 e. The van der Waals surface area contributed by atoms with Crippen LogP contribution in [0, 0.1) is 0 Å². The van der Waals surface area contributed by atoms with Gasteiger partial charge >= 0.3 is 0 Å². The van der Waals surface area contributed by atoms with E-state index in [1.54, 1.807) is 6.07 Å². The van der Waals surface area contributed by atoms with Gasteiger partial charge in [0.15, 0.2) is 11.0 Å². The number of nitrogens with zero attached hydrogens (tertiary/aromatic N) is 4. The first kappa shape index (κ1) is 11.7. The third-order valence-corrected chi connectivity index (χ3v) is 3.64. The van der Waals surface area contributed by atoms with Crippen LogP contribution in [-0.4, -0.2) is 59.8 Å². The van der Waals surface area contributed by atoms with Crippen molar-refractivity contribution in [2.45, 2.75) is 6.04 Å². The number of halogens is 1. The van der Waals surface area contributed by atoms with E-state index in [1.165, 1.54) is 0 Å². The summed E-state index contributed by atoms with van der Waals surface area (Å²) in [6.45, 7) is 4.07. The number of aromatic nitrogens is 2. The Kier molecular flexibility index (Phi) is 3.05. The van der Waals surface area contributed by atoms with Crippen LogP contribution in [0.3, 0.4) is 0 Å². The Hall–Kier alpha value is -1.40. The number of carbonyl (C=O) groups excluding carboxylic acids is 1. The van der Waals surface area contributed by atoms with Gasteiger partial charge in [-0.1, -0.05) is 11.6 Å². The summed E-state index contributed by atoms with van der Waals surface area (Å²) in [6.07, 6.45) is 0. The van der Waals surface area contributed by atoms with Gasteiger partial charge in [0.05, 0.1) is 0 Å². The summed E-state index contributed by atoms with van der Waals surface area (Å²) in [5.74, 6) is 0.880. The second-order valence-electron chi connectivity index (χ2n) is 4.50. The number of anilines is 1. The number of hydrogen-bond acceptors (Lipinski definition) is 5. The fraction of sp³-hybridized carbons (Fsp3) is 0.545. The van der Waals surface area contributed by atoms with Crippen molar-refractivity contribution in [1.82, 2.24) is 20.4 Å². The van der Waals surface area contributed by atoms with Gasteiger partial charge in [0.25, 0.3) is 0 Å². The lowest BCUT2D eigenvalue weighted by Gasteiger charge is -2.43. The van der Waals surface area contributed by atoms with Crippen LogP contribution in [0.2, 0.25) is 5.15 Å². The molecule has 0 saturated carbocycles. The Morgan fingerprint density at radius 1 is 1.28 bits per heavy atom. The smallest absolute Gasteiger partial charge is 0.239 e. The number of nitrogens with one attached hydrogen (secondary N) is 1. The molecule has 1 N–H and O–H groups in total. The molecule has 2 saturated heterocycles. The SMILES string of the molecule is O=C1NCCN2CCN(c3ccc(Cl)nn3)C[C@@H]12. The van der Waals surface area contributed by atoms with E-state index < -0.39 is 0 Å². The van der Waals surface area contributed by atoms with Crippen molar-refractivity contribution in [1.29, 1.82) is 0 Å². The predicted octanol–water partition coefficient (Wildman–Crippen LogP) is -0.250. The molecule has 0 aromatic carbocycles. The second kappa shape index (κ2) is 4.70. The Bertz CT molecular complexity index is 451. The number of carbonyl (C=O) groups is 1. The summed E-state index contributed by atoms with van der Waals surface area (Å²) in [7, 11) is 0. The van der Waals surface area contributed by atoms with Gasteiger partial charge in [-0.05, 0) is 12.1 Å². The van der Waals surface area contributed by atoms with E-state index in [9.17, 15) is 4.79 Å². The second-order valence-corrected chi connectivity index (χ2v) is 4.89. The van der Waals surface area contributed by atoms with Crippen molar-refractivity contribution in [2.24, 2.45) is 0 Å². The molecular formula is C11H14ClN5O. The molecule has 2 aliphatic rings. The van der Waals surface area contributed by atoms with E-state index in [2.05, 4.69) is 25.3 Å². The number of fused-ring (bicyclic) bond motifs is 1. The first-order chi connectivity index (χ1) is 8.74. The van der Waals surface area contributed by atoms with Crippen LogP contribution < -0.4 is 10.2 Å². The Labute approximate surface area is 110 Å². The average molecular weight is 268 g/mol. The van der Waals surface area contributed by atoms with Gasteiger partial charge < -0.3 is 10.2 Å². The van der Waals surface area contributed by atoms with Crippen LogP contribution >= 0.6 is 11.6 Å². The molecule has 7 heteroatoms. The lowest BCUT2D eigenvalue weighted by atomic mass is 10.1. The van der Waals surface area contributed by atoms with Crippen molar-refractivity contribution < 1.29 is 4.79 Å². The largest absolute Gasteiger partial charge is 0.353 e. The molecule has 6 nitrogen and oxygen atoms in total. The molecule has 2 fully saturated rings. The van der Waals surface area contributed by atoms with Crippen LogP contribution in [0.15, 0.2) is 12.1 Å². The van der Waals surface area contributed by atoms with Crippen molar-refractivity contribution in [3.63, 3.8) is 0 Å². The molecule has 1 atom stereocenters. The van der Waals surface area contributed by atoms with Gasteiger partial charge in [-0.25, -0.2) is 0 Å². The lowest BCUT2D eigenvalue weighted by Crippen LogP contribution is -2.64. The molecule has 0 aliphatic carbocycles. The highest BCUT2D eigenvalue weighted by atomic mass is 35.5. The van der Waals surface area contributed by atoms with Gasteiger partial charge in [0.1, 0.15) is 6.04 Å². The molecule has 1 amide bonds. The van der Waals surface area contributed by atoms with Crippen LogP contribution in [-0.2, 0) is 4.79 Å². The van der Waals surface area contributed by atoms with E-state index in [0.717, 1.165) is 32.0 Å². The predicted molar refractivity (Wildman–Crippen MR) is 67.6 cm³/mol. The van der Waals surface area contributed by atoms with E-state index in [1.807, 2.05) is 6.07 Å². The molecule has 2 aliphatic heterocycles. The molecular weight excluding hydrogens is 254 g/mol. The first-order valence-electron chi connectivity index (χ1n) is 6.00. The minimum absolute atomic E-state index is 0.0787. The van der Waals surface area contributed by atoms with Gasteiger partial charge in [0, 0.05) is 32.7 Å². The normalized spacial score (nSPS) is 24.6.